The number of nitrogens with one attached hydrogen (secondary N) is 1. The number of aryl methyl sites for hydroxylation is 1. The molecule has 0 bridgehead atoms. The first-order valence-electron chi connectivity index (χ1n) is 12.6. The Labute approximate surface area is 202 Å². The Hall–Kier alpha value is -2.51. The molecule has 7 heteroatoms. The van der Waals surface area contributed by atoms with Crippen molar-refractivity contribution < 1.29 is 9.90 Å². The molecule has 0 saturated carbocycles. The second-order valence-electron chi connectivity index (χ2n) is 11.0. The highest BCUT2D eigenvalue weighted by Gasteiger charge is 2.41. The summed E-state index contributed by atoms with van der Waals surface area (Å²) < 4.78 is 0. The highest BCUT2D eigenvalue weighted by atomic mass is 16.3. The third-order valence-corrected chi connectivity index (χ3v) is 7.93. The van der Waals surface area contributed by atoms with E-state index in [2.05, 4.69) is 72.1 Å². The van der Waals surface area contributed by atoms with Crippen LogP contribution >= 0.6 is 0 Å². The predicted octanol–water partition coefficient (Wildman–Crippen LogP) is 3.29. The number of piperazine rings is 1. The second-order valence-corrected chi connectivity index (χ2v) is 11.0. The normalized spacial score (nSPS) is 27.0. The van der Waals surface area contributed by atoms with Gasteiger partial charge in [0.2, 0.25) is 5.91 Å². The van der Waals surface area contributed by atoms with Crippen LogP contribution in [0, 0.1) is 6.92 Å². The lowest BCUT2D eigenvalue weighted by molar-refractivity contribution is -0.133. The molecule has 1 aliphatic carbocycles. The van der Waals surface area contributed by atoms with Crippen LogP contribution in [-0.4, -0.2) is 63.6 Å². The molecule has 2 N–H and O–H groups in total. The Morgan fingerprint density at radius 3 is 2.50 bits per heavy atom. The number of benzene rings is 1. The van der Waals surface area contributed by atoms with Crippen LogP contribution in [-0.2, 0) is 4.79 Å². The summed E-state index contributed by atoms with van der Waals surface area (Å²) >= 11 is 0. The van der Waals surface area contributed by atoms with E-state index in [-0.39, 0.29) is 29.3 Å². The van der Waals surface area contributed by atoms with Gasteiger partial charge in [0.25, 0.3) is 0 Å². The SMILES string of the molecule is Cc1ccc([C@H](C(=O)N2CCN(c3ncnc4c3[C@H](C)C[C@@H]4O)CC2)[C@@H]2CCC(C)(C)N2)cc1. The van der Waals surface area contributed by atoms with Gasteiger partial charge in [-0.1, -0.05) is 36.8 Å². The zero-order valence-corrected chi connectivity index (χ0v) is 20.8. The average molecular weight is 464 g/mol. The van der Waals surface area contributed by atoms with Crippen LogP contribution in [0.15, 0.2) is 30.6 Å². The van der Waals surface area contributed by atoms with Crippen molar-refractivity contribution in [2.75, 3.05) is 31.1 Å². The van der Waals surface area contributed by atoms with Crippen molar-refractivity contribution >= 4 is 11.7 Å². The number of anilines is 1. The molecule has 1 aromatic carbocycles. The van der Waals surface area contributed by atoms with Crippen LogP contribution in [0.2, 0.25) is 0 Å². The lowest BCUT2D eigenvalue weighted by Crippen LogP contribution is -2.53. The summed E-state index contributed by atoms with van der Waals surface area (Å²) in [5.41, 5.74) is 4.21. The Bertz CT molecular complexity index is 1050. The first kappa shape index (κ1) is 23.2. The molecule has 2 aliphatic heterocycles. The summed E-state index contributed by atoms with van der Waals surface area (Å²) in [6, 6.07) is 8.61. The summed E-state index contributed by atoms with van der Waals surface area (Å²) in [5.74, 6) is 1.21. The Morgan fingerprint density at radius 2 is 1.85 bits per heavy atom. The third-order valence-electron chi connectivity index (χ3n) is 7.93. The summed E-state index contributed by atoms with van der Waals surface area (Å²) in [6.45, 7) is 11.5. The van der Waals surface area contributed by atoms with E-state index in [0.29, 0.717) is 19.5 Å². The Balaban J connectivity index is 1.33. The smallest absolute Gasteiger partial charge is 0.231 e. The molecule has 1 aromatic heterocycles. The zero-order chi connectivity index (χ0) is 24.0. The largest absolute Gasteiger partial charge is 0.387 e. The van der Waals surface area contributed by atoms with Gasteiger partial charge in [-0.25, -0.2) is 9.97 Å². The lowest BCUT2D eigenvalue weighted by atomic mass is 9.88. The first-order chi connectivity index (χ1) is 16.2. The predicted molar refractivity (Wildman–Crippen MR) is 133 cm³/mol. The summed E-state index contributed by atoms with van der Waals surface area (Å²) in [7, 11) is 0. The number of aromatic nitrogens is 2. The van der Waals surface area contributed by atoms with E-state index < -0.39 is 6.10 Å². The number of aliphatic hydroxyl groups excluding tert-OH is 1. The maximum Gasteiger partial charge on any atom is 0.231 e. The molecule has 5 rings (SSSR count). The minimum atomic E-state index is -0.506. The molecule has 34 heavy (non-hydrogen) atoms. The number of rotatable bonds is 4. The van der Waals surface area contributed by atoms with E-state index in [0.717, 1.165) is 48.6 Å². The van der Waals surface area contributed by atoms with Gasteiger partial charge >= 0.3 is 0 Å². The summed E-state index contributed by atoms with van der Waals surface area (Å²) in [4.78, 5) is 27.1. The fourth-order valence-electron chi connectivity index (χ4n) is 6.02. The monoisotopic (exact) mass is 463 g/mol. The Morgan fingerprint density at radius 1 is 1.15 bits per heavy atom. The molecular weight excluding hydrogens is 426 g/mol. The van der Waals surface area contributed by atoms with Crippen molar-refractivity contribution in [3.8, 4) is 0 Å². The number of aliphatic hydroxyl groups is 1. The van der Waals surface area contributed by atoms with E-state index in [1.54, 1.807) is 6.33 Å². The number of amides is 1. The molecule has 1 amide bonds. The van der Waals surface area contributed by atoms with Crippen molar-refractivity contribution in [1.29, 1.82) is 0 Å². The minimum absolute atomic E-state index is 0.0568. The van der Waals surface area contributed by atoms with Crippen molar-refractivity contribution in [2.24, 2.45) is 0 Å². The fourth-order valence-corrected chi connectivity index (χ4v) is 6.02. The Kier molecular flexibility index (Phi) is 6.10. The standard InChI is InChI=1S/C27H37N5O2/c1-17-5-7-19(8-6-17)23(20-9-10-27(3,4)30-20)26(34)32-13-11-31(12-14-32)25-22-18(2)15-21(33)24(22)28-16-29-25/h5-8,16,18,20-21,23,30,33H,9-15H2,1-4H3/t18-,20+,21+,23+/m1/s1. The quantitative estimate of drug-likeness (QED) is 0.724. The molecule has 3 heterocycles. The highest BCUT2D eigenvalue weighted by molar-refractivity contribution is 5.85. The topological polar surface area (TPSA) is 81.6 Å². The van der Waals surface area contributed by atoms with Gasteiger partial charge in [-0.05, 0) is 51.5 Å². The number of hydrogen-bond acceptors (Lipinski definition) is 6. The van der Waals surface area contributed by atoms with Gasteiger partial charge < -0.3 is 20.2 Å². The van der Waals surface area contributed by atoms with Crippen LogP contribution in [0.4, 0.5) is 5.82 Å². The van der Waals surface area contributed by atoms with Gasteiger partial charge in [0.05, 0.1) is 17.7 Å². The van der Waals surface area contributed by atoms with Crippen LogP contribution in [0.3, 0.4) is 0 Å². The van der Waals surface area contributed by atoms with E-state index in [1.165, 1.54) is 5.56 Å². The van der Waals surface area contributed by atoms with Gasteiger partial charge in [-0.15, -0.1) is 0 Å². The summed E-state index contributed by atoms with van der Waals surface area (Å²) in [5, 5.41) is 14.1. The molecule has 182 valence electrons. The molecule has 0 unspecified atom stereocenters. The molecule has 2 fully saturated rings. The van der Waals surface area contributed by atoms with Gasteiger partial charge in [-0.3, -0.25) is 4.79 Å². The third kappa shape index (κ3) is 4.31. The number of carbonyl (C=O) groups excluding carboxylic acids is 1. The van der Waals surface area contributed by atoms with E-state index in [9.17, 15) is 9.90 Å². The molecular formula is C27H37N5O2. The zero-order valence-electron chi connectivity index (χ0n) is 20.8. The van der Waals surface area contributed by atoms with Crippen molar-refractivity contribution in [1.82, 2.24) is 20.2 Å². The molecule has 0 spiro atoms. The maximum absolute atomic E-state index is 13.9. The van der Waals surface area contributed by atoms with Gasteiger partial charge in [0, 0.05) is 43.3 Å². The molecule has 2 saturated heterocycles. The van der Waals surface area contributed by atoms with Crippen LogP contribution in [0.5, 0.6) is 0 Å². The molecule has 7 nitrogen and oxygen atoms in total. The minimum Gasteiger partial charge on any atom is -0.387 e. The number of hydrogen-bond donors (Lipinski definition) is 2. The van der Waals surface area contributed by atoms with Crippen molar-refractivity contribution in [3.05, 3.63) is 53.0 Å². The summed E-state index contributed by atoms with van der Waals surface area (Å²) in [6.07, 6.45) is 3.83. The molecule has 3 aliphatic rings. The van der Waals surface area contributed by atoms with Gasteiger partial charge in [0.1, 0.15) is 12.1 Å². The number of nitrogens with zero attached hydrogens (tertiary/aromatic N) is 4. The lowest BCUT2D eigenvalue weighted by Gasteiger charge is -2.39. The van der Waals surface area contributed by atoms with Crippen LogP contribution in [0.1, 0.15) is 80.4 Å². The van der Waals surface area contributed by atoms with Crippen LogP contribution < -0.4 is 10.2 Å². The van der Waals surface area contributed by atoms with Gasteiger partial charge in [0.15, 0.2) is 0 Å². The first-order valence-corrected chi connectivity index (χ1v) is 12.6. The average Bonchev–Trinajstić information content (AvgIpc) is 3.33. The van der Waals surface area contributed by atoms with E-state index in [1.807, 2.05) is 4.90 Å². The van der Waals surface area contributed by atoms with Crippen molar-refractivity contribution in [2.45, 2.75) is 76.5 Å². The number of fused-ring (bicyclic) bond motifs is 1. The fraction of sp³-hybridized carbons (Fsp3) is 0.593. The maximum atomic E-state index is 13.9. The molecule has 2 aromatic rings. The molecule has 0 radical (unpaired) electrons. The second kappa shape index (κ2) is 8.93. The van der Waals surface area contributed by atoms with Crippen LogP contribution in [0.25, 0.3) is 0 Å². The van der Waals surface area contributed by atoms with E-state index >= 15 is 0 Å². The molecule has 4 atom stereocenters. The highest BCUT2D eigenvalue weighted by Crippen LogP contribution is 2.43. The van der Waals surface area contributed by atoms with Crippen molar-refractivity contribution in [3.63, 3.8) is 0 Å². The number of carbonyl (C=O) groups is 1. The van der Waals surface area contributed by atoms with E-state index in [4.69, 9.17) is 0 Å². The van der Waals surface area contributed by atoms with Gasteiger partial charge in [-0.2, -0.15) is 0 Å².